The molecule has 1 aliphatic carbocycles. The van der Waals surface area contributed by atoms with Gasteiger partial charge < -0.3 is 19.5 Å². The van der Waals surface area contributed by atoms with Gasteiger partial charge in [-0.05, 0) is 48.9 Å². The normalized spacial score (nSPS) is 23.6. The molecule has 1 heterocycles. The highest BCUT2D eigenvalue weighted by atomic mass is 16.5. The van der Waals surface area contributed by atoms with Crippen LogP contribution in [0, 0.1) is 11.8 Å². The van der Waals surface area contributed by atoms with E-state index in [2.05, 4.69) is 48.5 Å². The molecule has 6 rings (SSSR count). The van der Waals surface area contributed by atoms with Gasteiger partial charge in [-0.3, -0.25) is 4.79 Å². The van der Waals surface area contributed by atoms with Gasteiger partial charge in [-0.2, -0.15) is 0 Å². The Kier molecular flexibility index (Phi) is 7.54. The first kappa shape index (κ1) is 28.0. The van der Waals surface area contributed by atoms with Crippen LogP contribution in [-0.4, -0.2) is 43.2 Å². The van der Waals surface area contributed by atoms with Crippen LogP contribution in [0.15, 0.2) is 109 Å². The van der Waals surface area contributed by atoms with Crippen LogP contribution in [0.4, 0.5) is 0 Å². The third kappa shape index (κ3) is 4.47. The first-order chi connectivity index (χ1) is 20.4. The summed E-state index contributed by atoms with van der Waals surface area (Å²) in [5.74, 6) is 0.813. The lowest BCUT2D eigenvalue weighted by Crippen LogP contribution is -2.53. The number of hydrogen-bond donors (Lipinski definition) is 1. The number of fused-ring (bicyclic) bond motifs is 1. The monoisotopic (exact) mass is 561 g/mol. The van der Waals surface area contributed by atoms with E-state index in [9.17, 15) is 9.90 Å². The quantitative estimate of drug-likeness (QED) is 0.278. The first-order valence-corrected chi connectivity index (χ1v) is 14.8. The molecule has 1 saturated carbocycles. The van der Waals surface area contributed by atoms with Crippen molar-refractivity contribution in [3.8, 4) is 11.5 Å². The third-order valence-corrected chi connectivity index (χ3v) is 9.91. The molecular weight excluding hydrogens is 522 g/mol. The second-order valence-electron chi connectivity index (χ2n) is 11.7. The fourth-order valence-electron chi connectivity index (χ4n) is 7.85. The van der Waals surface area contributed by atoms with E-state index in [1.165, 1.54) is 11.1 Å². The van der Waals surface area contributed by atoms with E-state index in [0.717, 1.165) is 17.5 Å². The van der Waals surface area contributed by atoms with Gasteiger partial charge in [0.05, 0.1) is 25.7 Å². The van der Waals surface area contributed by atoms with Gasteiger partial charge in [0, 0.05) is 35.5 Å². The molecule has 42 heavy (non-hydrogen) atoms. The number of likely N-dealkylation sites (tertiary alicyclic amines) is 1. The third-order valence-electron chi connectivity index (χ3n) is 9.91. The van der Waals surface area contributed by atoms with Crippen molar-refractivity contribution in [2.24, 2.45) is 11.8 Å². The van der Waals surface area contributed by atoms with E-state index >= 15 is 0 Å². The van der Waals surface area contributed by atoms with Crippen LogP contribution in [0.3, 0.4) is 0 Å². The Labute approximate surface area is 248 Å². The Morgan fingerprint density at radius 3 is 1.88 bits per heavy atom. The average molecular weight is 562 g/mol. The SMILES string of the molecule is COc1ccccc1C(C)C(=O)N1CC2C(C1)C(c1ccccc1)(c1ccccc1)CCC2(O)c1ccccc1OC. The van der Waals surface area contributed by atoms with Crippen LogP contribution in [-0.2, 0) is 15.8 Å². The highest BCUT2D eigenvalue weighted by Crippen LogP contribution is 2.60. The molecule has 5 nitrogen and oxygen atoms in total. The van der Waals surface area contributed by atoms with E-state index < -0.39 is 5.60 Å². The molecule has 1 amide bonds. The molecule has 0 aromatic heterocycles. The molecule has 4 atom stereocenters. The number of carbonyl (C=O) groups excluding carboxylic acids is 1. The van der Waals surface area contributed by atoms with Crippen molar-refractivity contribution in [2.45, 2.75) is 36.7 Å². The number of ether oxygens (including phenoxy) is 2. The van der Waals surface area contributed by atoms with Gasteiger partial charge in [-0.15, -0.1) is 0 Å². The van der Waals surface area contributed by atoms with Crippen LogP contribution in [0.5, 0.6) is 11.5 Å². The number of nitrogens with zero attached hydrogens (tertiary/aromatic N) is 1. The molecular formula is C37H39NO4. The van der Waals surface area contributed by atoms with Crippen molar-refractivity contribution in [2.75, 3.05) is 27.3 Å². The minimum Gasteiger partial charge on any atom is -0.496 e. The summed E-state index contributed by atoms with van der Waals surface area (Å²) in [6.07, 6.45) is 1.28. The Balaban J connectivity index is 1.49. The van der Waals surface area contributed by atoms with Crippen LogP contribution in [0.1, 0.15) is 47.9 Å². The number of benzene rings is 4. The van der Waals surface area contributed by atoms with Gasteiger partial charge in [0.25, 0.3) is 0 Å². The molecule has 4 aromatic carbocycles. The summed E-state index contributed by atoms with van der Waals surface area (Å²) >= 11 is 0. The number of amides is 1. The number of para-hydroxylation sites is 2. The van der Waals surface area contributed by atoms with Crippen molar-refractivity contribution < 1.29 is 19.4 Å². The number of rotatable bonds is 7. The average Bonchev–Trinajstić information content (AvgIpc) is 3.52. The van der Waals surface area contributed by atoms with Crippen LogP contribution in [0.2, 0.25) is 0 Å². The number of methoxy groups -OCH3 is 2. The van der Waals surface area contributed by atoms with Gasteiger partial charge in [-0.25, -0.2) is 0 Å². The molecule has 1 N–H and O–H groups in total. The maximum Gasteiger partial charge on any atom is 0.229 e. The minimum absolute atomic E-state index is 0.0280. The topological polar surface area (TPSA) is 59.0 Å². The summed E-state index contributed by atoms with van der Waals surface area (Å²) in [6.45, 7) is 2.96. The Morgan fingerprint density at radius 2 is 1.26 bits per heavy atom. The van der Waals surface area contributed by atoms with Crippen molar-refractivity contribution in [3.05, 3.63) is 131 Å². The zero-order chi connectivity index (χ0) is 29.3. The van der Waals surface area contributed by atoms with Crippen LogP contribution in [0.25, 0.3) is 0 Å². The molecule has 0 bridgehead atoms. The molecule has 2 aliphatic rings. The lowest BCUT2D eigenvalue weighted by Gasteiger charge is -2.53. The molecule has 2 fully saturated rings. The van der Waals surface area contributed by atoms with Gasteiger partial charge in [0.2, 0.25) is 5.91 Å². The number of carbonyl (C=O) groups is 1. The van der Waals surface area contributed by atoms with E-state index in [1.807, 2.05) is 72.5 Å². The van der Waals surface area contributed by atoms with Crippen LogP contribution >= 0.6 is 0 Å². The highest BCUT2D eigenvalue weighted by molar-refractivity contribution is 5.84. The van der Waals surface area contributed by atoms with E-state index in [-0.39, 0.29) is 29.1 Å². The fourth-order valence-corrected chi connectivity index (χ4v) is 7.85. The summed E-state index contributed by atoms with van der Waals surface area (Å²) in [4.78, 5) is 16.3. The zero-order valence-electron chi connectivity index (χ0n) is 24.6. The fraction of sp³-hybridized carbons (Fsp3) is 0.324. The lowest BCUT2D eigenvalue weighted by molar-refractivity contribution is -0.132. The minimum atomic E-state index is -1.16. The molecule has 0 radical (unpaired) electrons. The molecule has 5 heteroatoms. The van der Waals surface area contributed by atoms with Crippen LogP contribution < -0.4 is 9.47 Å². The molecule has 1 aliphatic heterocycles. The predicted octanol–water partition coefficient (Wildman–Crippen LogP) is 6.55. The van der Waals surface area contributed by atoms with Crippen molar-refractivity contribution in [1.82, 2.24) is 4.90 Å². The standard InChI is InChI=1S/C37H39NO4/c1-26(29-18-10-12-20-33(29)41-2)35(39)38-24-31-32(25-38)37(40,30-19-11-13-21-34(30)42-3)23-22-36(31,27-14-6-4-7-15-27)28-16-8-5-9-17-28/h4-21,26,31-32,40H,22-25H2,1-3H3. The molecule has 216 valence electrons. The van der Waals surface area contributed by atoms with Gasteiger partial charge in [0.1, 0.15) is 11.5 Å². The number of aliphatic hydroxyl groups is 1. The first-order valence-electron chi connectivity index (χ1n) is 14.8. The van der Waals surface area contributed by atoms with Crippen molar-refractivity contribution in [3.63, 3.8) is 0 Å². The Bertz CT molecular complexity index is 1500. The van der Waals surface area contributed by atoms with Gasteiger partial charge in [-0.1, -0.05) is 97.1 Å². The lowest BCUT2D eigenvalue weighted by atomic mass is 9.52. The summed E-state index contributed by atoms with van der Waals surface area (Å²) in [5.41, 5.74) is 2.58. The van der Waals surface area contributed by atoms with Crippen molar-refractivity contribution >= 4 is 5.91 Å². The second kappa shape index (κ2) is 11.3. The molecule has 0 spiro atoms. The van der Waals surface area contributed by atoms with E-state index in [0.29, 0.717) is 31.0 Å². The second-order valence-corrected chi connectivity index (χ2v) is 11.7. The maximum absolute atomic E-state index is 14.3. The smallest absolute Gasteiger partial charge is 0.229 e. The Morgan fingerprint density at radius 1 is 0.738 bits per heavy atom. The zero-order valence-corrected chi connectivity index (χ0v) is 24.6. The maximum atomic E-state index is 14.3. The molecule has 4 aromatic rings. The summed E-state index contributed by atoms with van der Waals surface area (Å²) < 4.78 is 11.4. The summed E-state index contributed by atoms with van der Waals surface area (Å²) in [6, 6.07) is 36.8. The Hall–Kier alpha value is -4.09. The molecule has 4 unspecified atom stereocenters. The largest absolute Gasteiger partial charge is 0.496 e. The molecule has 1 saturated heterocycles. The van der Waals surface area contributed by atoms with E-state index in [4.69, 9.17) is 9.47 Å². The van der Waals surface area contributed by atoms with Gasteiger partial charge >= 0.3 is 0 Å². The van der Waals surface area contributed by atoms with Crippen molar-refractivity contribution in [1.29, 1.82) is 0 Å². The predicted molar refractivity (Wildman–Crippen MR) is 165 cm³/mol. The summed E-state index contributed by atoms with van der Waals surface area (Å²) in [5, 5.41) is 12.8. The van der Waals surface area contributed by atoms with Gasteiger partial charge in [0.15, 0.2) is 0 Å². The van der Waals surface area contributed by atoms with E-state index in [1.54, 1.807) is 14.2 Å². The highest BCUT2D eigenvalue weighted by Gasteiger charge is 2.61. The number of hydrogen-bond acceptors (Lipinski definition) is 4. The summed E-state index contributed by atoms with van der Waals surface area (Å²) in [7, 11) is 3.29.